The number of nitrogens with one attached hydrogen (secondary N) is 1. The minimum atomic E-state index is -0.993. The first-order valence-corrected chi connectivity index (χ1v) is 7.75. The second kappa shape index (κ2) is 7.64. The van der Waals surface area contributed by atoms with E-state index in [9.17, 15) is 9.59 Å². The van der Waals surface area contributed by atoms with Crippen molar-refractivity contribution in [2.75, 3.05) is 11.9 Å². The van der Waals surface area contributed by atoms with Gasteiger partial charge in [-0.1, -0.05) is 13.8 Å². The summed E-state index contributed by atoms with van der Waals surface area (Å²) in [7, 11) is 0. The standard InChI is InChI=1S/C19H21NO4/c1-12(2)11-24-16-7-4-14(5-8-16)18(21)20-17-9-6-15(19(22)23)10-13(17)3/h4-10,12H,11H2,1-3H3,(H,20,21)(H,22,23). The number of carbonyl (C=O) groups is 2. The van der Waals surface area contributed by atoms with E-state index in [0.717, 1.165) is 5.75 Å². The monoisotopic (exact) mass is 327 g/mol. The quantitative estimate of drug-likeness (QED) is 0.841. The zero-order valence-electron chi connectivity index (χ0n) is 14.0. The number of rotatable bonds is 6. The van der Waals surface area contributed by atoms with Crippen molar-refractivity contribution in [2.24, 2.45) is 5.92 Å². The van der Waals surface area contributed by atoms with Gasteiger partial charge in [0.05, 0.1) is 12.2 Å². The van der Waals surface area contributed by atoms with Gasteiger partial charge in [-0.3, -0.25) is 4.79 Å². The Morgan fingerprint density at radius 1 is 1.08 bits per heavy atom. The molecule has 126 valence electrons. The van der Waals surface area contributed by atoms with Crippen LogP contribution >= 0.6 is 0 Å². The van der Waals surface area contributed by atoms with Crippen LogP contribution in [0.15, 0.2) is 42.5 Å². The normalized spacial score (nSPS) is 10.5. The van der Waals surface area contributed by atoms with E-state index >= 15 is 0 Å². The number of benzene rings is 2. The van der Waals surface area contributed by atoms with E-state index in [4.69, 9.17) is 9.84 Å². The lowest BCUT2D eigenvalue weighted by Crippen LogP contribution is -2.13. The number of carbonyl (C=O) groups excluding carboxylic acids is 1. The van der Waals surface area contributed by atoms with Gasteiger partial charge in [0.1, 0.15) is 5.75 Å². The van der Waals surface area contributed by atoms with Gasteiger partial charge in [-0.15, -0.1) is 0 Å². The summed E-state index contributed by atoms with van der Waals surface area (Å²) in [4.78, 5) is 23.2. The number of aromatic carboxylic acids is 1. The van der Waals surface area contributed by atoms with E-state index in [2.05, 4.69) is 19.2 Å². The molecule has 0 radical (unpaired) electrons. The molecule has 0 aliphatic rings. The summed E-state index contributed by atoms with van der Waals surface area (Å²) in [5.74, 6) is -0.0866. The Hall–Kier alpha value is -2.82. The van der Waals surface area contributed by atoms with E-state index in [1.165, 1.54) is 12.1 Å². The average Bonchev–Trinajstić information content (AvgIpc) is 2.55. The smallest absolute Gasteiger partial charge is 0.335 e. The van der Waals surface area contributed by atoms with Crippen LogP contribution in [0.3, 0.4) is 0 Å². The molecule has 5 heteroatoms. The summed E-state index contributed by atoms with van der Waals surface area (Å²) in [6.07, 6.45) is 0. The first kappa shape index (κ1) is 17.5. The van der Waals surface area contributed by atoms with E-state index in [0.29, 0.717) is 29.3 Å². The van der Waals surface area contributed by atoms with E-state index in [-0.39, 0.29) is 11.5 Å². The minimum Gasteiger partial charge on any atom is -0.493 e. The maximum atomic E-state index is 12.3. The van der Waals surface area contributed by atoms with Gasteiger partial charge in [-0.05, 0) is 60.9 Å². The van der Waals surface area contributed by atoms with Crippen LogP contribution in [0.5, 0.6) is 5.75 Å². The third kappa shape index (κ3) is 4.59. The maximum absolute atomic E-state index is 12.3. The number of hydrogen-bond acceptors (Lipinski definition) is 3. The molecule has 2 N–H and O–H groups in total. The Bertz CT molecular complexity index is 736. The number of amides is 1. The molecule has 0 bridgehead atoms. The molecule has 0 unspecified atom stereocenters. The Kier molecular flexibility index (Phi) is 5.58. The number of aryl methyl sites for hydroxylation is 1. The van der Waals surface area contributed by atoms with Crippen molar-refractivity contribution in [1.82, 2.24) is 0 Å². The van der Waals surface area contributed by atoms with Gasteiger partial charge < -0.3 is 15.2 Å². The molecule has 2 rings (SSSR count). The predicted molar refractivity (Wildman–Crippen MR) is 92.9 cm³/mol. The highest BCUT2D eigenvalue weighted by Crippen LogP contribution is 2.19. The molecule has 5 nitrogen and oxygen atoms in total. The maximum Gasteiger partial charge on any atom is 0.335 e. The number of carboxylic acids is 1. The van der Waals surface area contributed by atoms with Gasteiger partial charge in [-0.2, -0.15) is 0 Å². The lowest BCUT2D eigenvalue weighted by molar-refractivity contribution is 0.0696. The topological polar surface area (TPSA) is 75.6 Å². The molecule has 0 aliphatic carbocycles. The van der Waals surface area contributed by atoms with Gasteiger partial charge in [0, 0.05) is 11.3 Å². The van der Waals surface area contributed by atoms with Crippen molar-refractivity contribution in [3.63, 3.8) is 0 Å². The van der Waals surface area contributed by atoms with Crippen molar-refractivity contribution in [1.29, 1.82) is 0 Å². The predicted octanol–water partition coefficient (Wildman–Crippen LogP) is 3.98. The van der Waals surface area contributed by atoms with Crippen LogP contribution in [0.1, 0.15) is 40.1 Å². The van der Waals surface area contributed by atoms with Crippen molar-refractivity contribution < 1.29 is 19.4 Å². The SMILES string of the molecule is Cc1cc(C(=O)O)ccc1NC(=O)c1ccc(OCC(C)C)cc1. The third-order valence-corrected chi connectivity index (χ3v) is 3.42. The molecule has 0 fully saturated rings. The van der Waals surface area contributed by atoms with Crippen LogP contribution in [0, 0.1) is 12.8 Å². The van der Waals surface area contributed by atoms with Gasteiger partial charge in [0.2, 0.25) is 0 Å². The number of hydrogen-bond donors (Lipinski definition) is 2. The molecule has 0 heterocycles. The summed E-state index contributed by atoms with van der Waals surface area (Å²) < 4.78 is 5.59. The Morgan fingerprint density at radius 3 is 2.25 bits per heavy atom. The van der Waals surface area contributed by atoms with Gasteiger partial charge in [0.25, 0.3) is 5.91 Å². The van der Waals surface area contributed by atoms with E-state index in [1.807, 2.05) is 0 Å². The molecule has 0 spiro atoms. The summed E-state index contributed by atoms with van der Waals surface area (Å²) >= 11 is 0. The molecule has 0 saturated heterocycles. The zero-order valence-corrected chi connectivity index (χ0v) is 14.0. The van der Waals surface area contributed by atoms with Crippen molar-refractivity contribution >= 4 is 17.6 Å². The molecule has 1 amide bonds. The Balaban J connectivity index is 2.05. The Labute approximate surface area is 141 Å². The van der Waals surface area contributed by atoms with Crippen LogP contribution in [0.25, 0.3) is 0 Å². The first-order chi connectivity index (χ1) is 11.4. The molecule has 0 atom stereocenters. The third-order valence-electron chi connectivity index (χ3n) is 3.42. The molecule has 24 heavy (non-hydrogen) atoms. The number of anilines is 1. The second-order valence-corrected chi connectivity index (χ2v) is 6.02. The molecule has 0 aliphatic heterocycles. The van der Waals surface area contributed by atoms with Crippen LogP contribution in [-0.2, 0) is 0 Å². The Morgan fingerprint density at radius 2 is 1.71 bits per heavy atom. The van der Waals surface area contributed by atoms with Gasteiger partial charge in [-0.25, -0.2) is 4.79 Å². The lowest BCUT2D eigenvalue weighted by atomic mass is 10.1. The highest BCUT2D eigenvalue weighted by Gasteiger charge is 2.10. The van der Waals surface area contributed by atoms with Crippen LogP contribution in [0.4, 0.5) is 5.69 Å². The largest absolute Gasteiger partial charge is 0.493 e. The molecule has 2 aromatic rings. The molecule has 0 saturated carbocycles. The van der Waals surface area contributed by atoms with Crippen LogP contribution < -0.4 is 10.1 Å². The highest BCUT2D eigenvalue weighted by molar-refractivity contribution is 6.05. The fourth-order valence-corrected chi connectivity index (χ4v) is 2.10. The van der Waals surface area contributed by atoms with Gasteiger partial charge in [0.15, 0.2) is 0 Å². The molecule has 0 aromatic heterocycles. The van der Waals surface area contributed by atoms with Gasteiger partial charge >= 0.3 is 5.97 Å². The summed E-state index contributed by atoms with van der Waals surface area (Å²) in [5.41, 5.74) is 1.98. The average molecular weight is 327 g/mol. The molecular formula is C19H21NO4. The highest BCUT2D eigenvalue weighted by atomic mass is 16.5. The molecule has 2 aromatic carbocycles. The van der Waals surface area contributed by atoms with Crippen LogP contribution in [-0.4, -0.2) is 23.6 Å². The fourth-order valence-electron chi connectivity index (χ4n) is 2.10. The summed E-state index contributed by atoms with van der Waals surface area (Å²) in [6.45, 7) is 6.52. The fraction of sp³-hybridized carbons (Fsp3) is 0.263. The van der Waals surface area contributed by atoms with Crippen LogP contribution in [0.2, 0.25) is 0 Å². The summed E-state index contributed by atoms with van der Waals surface area (Å²) in [6, 6.07) is 11.5. The van der Waals surface area contributed by atoms with E-state index < -0.39 is 5.97 Å². The van der Waals surface area contributed by atoms with Crippen molar-refractivity contribution in [3.8, 4) is 5.75 Å². The minimum absolute atomic E-state index is 0.192. The summed E-state index contributed by atoms with van der Waals surface area (Å²) in [5, 5.41) is 11.8. The van der Waals surface area contributed by atoms with Crippen molar-refractivity contribution in [2.45, 2.75) is 20.8 Å². The lowest BCUT2D eigenvalue weighted by Gasteiger charge is -2.11. The number of carboxylic acid groups (broad SMARTS) is 1. The second-order valence-electron chi connectivity index (χ2n) is 6.02. The zero-order chi connectivity index (χ0) is 17.7. The first-order valence-electron chi connectivity index (χ1n) is 7.75. The molecular weight excluding hydrogens is 306 g/mol. The van der Waals surface area contributed by atoms with Crippen molar-refractivity contribution in [3.05, 3.63) is 59.2 Å². The van der Waals surface area contributed by atoms with E-state index in [1.54, 1.807) is 37.3 Å². The number of ether oxygens (including phenoxy) is 1.